The number of ketones is 2. The molecule has 0 bridgehead atoms. The van der Waals surface area contributed by atoms with Crippen LogP contribution in [0.3, 0.4) is 0 Å². The zero-order valence-corrected chi connectivity index (χ0v) is 45.3. The van der Waals surface area contributed by atoms with Crippen LogP contribution in [-0.4, -0.2) is 49.3 Å². The third kappa shape index (κ3) is 33.8. The Kier molecular flexibility index (Phi) is 64.7. The van der Waals surface area contributed by atoms with E-state index < -0.39 is 41.4 Å². The summed E-state index contributed by atoms with van der Waals surface area (Å²) in [5.74, 6) is -0.988. The number of carbonyl (C=O) groups excluding carboxylic acids is 3. The number of carboxylic acids is 1. The van der Waals surface area contributed by atoms with Gasteiger partial charge >= 0.3 is 5.97 Å². The van der Waals surface area contributed by atoms with Crippen LogP contribution >= 0.6 is 0 Å². The van der Waals surface area contributed by atoms with Crippen LogP contribution in [0, 0.1) is 62.2 Å². The van der Waals surface area contributed by atoms with Crippen LogP contribution in [0.2, 0.25) is 0 Å². The Balaban J connectivity index is -0.0000000888. The van der Waals surface area contributed by atoms with Gasteiger partial charge in [0.2, 0.25) is 0 Å². The van der Waals surface area contributed by atoms with Crippen molar-refractivity contribution in [2.75, 3.05) is 14.1 Å². The number of rotatable bonds is 6. The molecule has 1 aromatic rings. The summed E-state index contributed by atoms with van der Waals surface area (Å²) in [6, 6.07) is 6.56. The molecule has 0 aromatic heterocycles. The number of carbonyl (C=O) groups is 4. The van der Waals surface area contributed by atoms with E-state index in [1.54, 1.807) is 0 Å². The second-order valence-electron chi connectivity index (χ2n) is 14.9. The van der Waals surface area contributed by atoms with Crippen LogP contribution in [-0.2, 0) is 89.3 Å². The molecule has 0 saturated heterocycles. The topological polar surface area (TPSA) is 150 Å². The van der Waals surface area contributed by atoms with Crippen LogP contribution < -0.4 is 11.5 Å². The number of aliphatic carboxylic acids is 1. The van der Waals surface area contributed by atoms with Gasteiger partial charge in [-0.2, -0.15) is 0 Å². The maximum atomic E-state index is 11.2. The molecule has 59 heavy (non-hydrogen) atoms. The van der Waals surface area contributed by atoms with E-state index in [1.165, 1.54) is 135 Å². The SMILES string of the molecule is C.C.C1CCC1.C1CCC1.C1CCC1.CC.CC.CC(=O)C1C(OC=O)C(C(C)=O)C1C(=O)O.CCC1C(C)CC(C)C1C.CN.CN.Cc1cc(C)cc(C)c1.[Y].[Y]. The monoisotopic (exact) mass is 989 g/mol. The molecule has 5 aliphatic carbocycles. The Labute approximate surface area is 417 Å². The molecule has 2 radical (unpaired) electrons. The van der Waals surface area contributed by atoms with Crippen molar-refractivity contribution in [2.45, 2.75) is 201 Å². The number of hydrogen-bond acceptors (Lipinski definition) is 7. The maximum Gasteiger partial charge on any atom is 0.308 e. The summed E-state index contributed by atoms with van der Waals surface area (Å²) in [5, 5.41) is 8.91. The van der Waals surface area contributed by atoms with Gasteiger partial charge in [0.1, 0.15) is 17.7 Å². The summed E-state index contributed by atoms with van der Waals surface area (Å²) < 4.78 is 4.62. The zero-order valence-electron chi connectivity index (χ0n) is 39.6. The van der Waals surface area contributed by atoms with E-state index in [4.69, 9.17) is 5.11 Å². The second kappa shape index (κ2) is 50.3. The van der Waals surface area contributed by atoms with E-state index in [9.17, 15) is 19.2 Å². The fourth-order valence-corrected chi connectivity index (χ4v) is 6.86. The molecule has 6 rings (SSSR count). The molecule has 0 amide bonds. The molecular weight excluding hydrogens is 890 g/mol. The minimum Gasteiger partial charge on any atom is -0.481 e. The number of benzene rings is 1. The quantitative estimate of drug-likeness (QED) is 0.239. The molecule has 1 aromatic carbocycles. The molecule has 5 saturated carbocycles. The molecule has 8 nitrogen and oxygen atoms in total. The molecule has 346 valence electrons. The second-order valence-corrected chi connectivity index (χ2v) is 14.9. The molecule has 5 aliphatic rings. The van der Waals surface area contributed by atoms with Gasteiger partial charge < -0.3 is 21.3 Å². The Morgan fingerprint density at radius 2 is 0.898 bits per heavy atom. The van der Waals surface area contributed by atoms with E-state index in [1.807, 2.05) is 27.7 Å². The number of hydrogen-bond donors (Lipinski definition) is 3. The van der Waals surface area contributed by atoms with Crippen molar-refractivity contribution in [1.82, 2.24) is 0 Å². The summed E-state index contributed by atoms with van der Waals surface area (Å²) in [5.41, 5.74) is 13.1. The van der Waals surface area contributed by atoms with Gasteiger partial charge in [0.25, 0.3) is 6.47 Å². The zero-order chi connectivity index (χ0) is 43.5. The summed E-state index contributed by atoms with van der Waals surface area (Å²) >= 11 is 0. The van der Waals surface area contributed by atoms with Crippen molar-refractivity contribution in [1.29, 1.82) is 0 Å². The van der Waals surface area contributed by atoms with Crippen LogP contribution in [0.4, 0.5) is 0 Å². The van der Waals surface area contributed by atoms with Crippen molar-refractivity contribution in [3.63, 3.8) is 0 Å². The first-order valence-electron chi connectivity index (χ1n) is 21.8. The van der Waals surface area contributed by atoms with E-state index in [2.05, 4.69) is 82.9 Å². The Morgan fingerprint density at radius 1 is 0.627 bits per heavy atom. The fourth-order valence-electron chi connectivity index (χ4n) is 6.86. The van der Waals surface area contributed by atoms with Gasteiger partial charge in [0.15, 0.2) is 0 Å². The van der Waals surface area contributed by atoms with Gasteiger partial charge in [0, 0.05) is 65.4 Å². The van der Waals surface area contributed by atoms with Crippen LogP contribution in [0.1, 0.15) is 191 Å². The van der Waals surface area contributed by atoms with Crippen molar-refractivity contribution in [3.05, 3.63) is 34.9 Å². The molecule has 0 spiro atoms. The molecule has 0 aliphatic heterocycles. The van der Waals surface area contributed by atoms with Crippen LogP contribution in [0.25, 0.3) is 0 Å². The maximum absolute atomic E-state index is 11.2. The minimum atomic E-state index is -1.22. The van der Waals surface area contributed by atoms with Gasteiger partial charge in [-0.25, -0.2) is 0 Å². The van der Waals surface area contributed by atoms with E-state index in [0.717, 1.165) is 23.7 Å². The summed E-state index contributed by atoms with van der Waals surface area (Å²) in [7, 11) is 3.00. The summed E-state index contributed by atoms with van der Waals surface area (Å²) in [6.07, 6.45) is 19.9. The number of ether oxygens (including phenoxy) is 1. The van der Waals surface area contributed by atoms with Gasteiger partial charge in [0.05, 0.1) is 17.8 Å². The molecular formula is C49H98N2O6Y2. The predicted octanol–water partition coefficient (Wildman–Crippen LogP) is 12.7. The molecule has 6 atom stereocenters. The van der Waals surface area contributed by atoms with Crippen molar-refractivity contribution in [2.24, 2.45) is 52.9 Å². The Morgan fingerprint density at radius 3 is 1.03 bits per heavy atom. The third-order valence-electron chi connectivity index (χ3n) is 10.8. The number of carboxylic acid groups (broad SMARTS) is 1. The molecule has 0 heterocycles. The first kappa shape index (κ1) is 76.0. The van der Waals surface area contributed by atoms with Gasteiger partial charge in [-0.15, -0.1) is 0 Å². The largest absolute Gasteiger partial charge is 0.481 e. The normalized spacial score (nSPS) is 23.7. The standard InChI is InChI=1S/C10H12O6.C10H20.C9H12.3C4H8.2C2H6.2CH5N.2CH4.2Y/c1-4(12)6-8(10(14)15)7(5(2)13)9(6)16-3-11;1-5-10-8(3)6-7(2)9(10)4;1-7-4-8(2)6-9(3)5-7;3*1-2-4-3-1;4*1-2;;;;/h3,6-9H,1-2H3,(H,14,15);7-10H,5-6H2,1-4H3;4-6H,1-3H3;3*1-4H2;2*1-2H3;2*2H2,1H3;2*1H4;;. The van der Waals surface area contributed by atoms with Gasteiger partial charge in [-0.3, -0.25) is 19.2 Å². The summed E-state index contributed by atoms with van der Waals surface area (Å²) in [4.78, 5) is 43.6. The van der Waals surface area contributed by atoms with Gasteiger partial charge in [-0.05, 0) is 78.8 Å². The fraction of sp³-hybridized carbons (Fsp3) is 0.796. The van der Waals surface area contributed by atoms with E-state index >= 15 is 0 Å². The first-order chi connectivity index (χ1) is 26.3. The third-order valence-corrected chi connectivity index (χ3v) is 10.8. The van der Waals surface area contributed by atoms with Crippen LogP contribution in [0.5, 0.6) is 0 Å². The van der Waals surface area contributed by atoms with Crippen LogP contribution in [0.15, 0.2) is 18.2 Å². The van der Waals surface area contributed by atoms with Crippen molar-refractivity contribution < 1.29 is 94.4 Å². The molecule has 5 fully saturated rings. The summed E-state index contributed by atoms with van der Waals surface area (Å²) in [6.45, 7) is 26.5. The first-order valence-corrected chi connectivity index (χ1v) is 21.8. The number of nitrogens with two attached hydrogens (primary N) is 2. The number of Topliss-reactive ketones (excluding diaryl/α,β-unsaturated/α-hetero) is 2. The molecule has 6 unspecified atom stereocenters. The minimum absolute atomic E-state index is 0. The van der Waals surface area contributed by atoms with E-state index in [-0.39, 0.29) is 86.7 Å². The Hall–Kier alpha value is -0.372. The molecule has 5 N–H and O–H groups in total. The van der Waals surface area contributed by atoms with Crippen molar-refractivity contribution >= 4 is 24.0 Å². The van der Waals surface area contributed by atoms with E-state index in [0.29, 0.717) is 0 Å². The Bertz CT molecular complexity index is 991. The molecule has 10 heteroatoms. The number of aryl methyl sites for hydroxylation is 3. The average Bonchev–Trinajstić information content (AvgIpc) is 3.29. The predicted molar refractivity (Wildman–Crippen MR) is 249 cm³/mol. The average molecular weight is 989 g/mol. The van der Waals surface area contributed by atoms with Crippen molar-refractivity contribution in [3.8, 4) is 0 Å². The van der Waals surface area contributed by atoms with Gasteiger partial charge in [-0.1, -0.05) is 189 Å². The smallest absolute Gasteiger partial charge is 0.308 e.